The highest BCUT2D eigenvalue weighted by Gasteiger charge is 2.26. The van der Waals surface area contributed by atoms with Crippen molar-refractivity contribution in [1.29, 1.82) is 0 Å². The SMILES string of the molecule is CCCOc1cccc(CNCC2CC(O)C2)c1. The zero-order chi connectivity index (χ0) is 12.8. The monoisotopic (exact) mass is 249 g/mol. The van der Waals surface area contributed by atoms with Crippen molar-refractivity contribution in [2.45, 2.75) is 38.8 Å². The van der Waals surface area contributed by atoms with E-state index in [-0.39, 0.29) is 6.10 Å². The van der Waals surface area contributed by atoms with E-state index in [1.165, 1.54) is 5.56 Å². The normalized spacial score (nSPS) is 22.6. The van der Waals surface area contributed by atoms with Crippen molar-refractivity contribution in [2.75, 3.05) is 13.2 Å². The van der Waals surface area contributed by atoms with Crippen molar-refractivity contribution in [3.05, 3.63) is 29.8 Å². The molecule has 18 heavy (non-hydrogen) atoms. The minimum atomic E-state index is -0.0532. The zero-order valence-corrected chi connectivity index (χ0v) is 11.1. The Hall–Kier alpha value is -1.06. The van der Waals surface area contributed by atoms with Gasteiger partial charge >= 0.3 is 0 Å². The molecule has 3 nitrogen and oxygen atoms in total. The van der Waals surface area contributed by atoms with Gasteiger partial charge in [0, 0.05) is 6.54 Å². The van der Waals surface area contributed by atoms with Crippen LogP contribution in [0.2, 0.25) is 0 Å². The molecule has 1 aliphatic rings. The van der Waals surface area contributed by atoms with Gasteiger partial charge in [0.05, 0.1) is 12.7 Å². The Morgan fingerprint density at radius 3 is 2.94 bits per heavy atom. The van der Waals surface area contributed by atoms with Crippen LogP contribution >= 0.6 is 0 Å². The lowest BCUT2D eigenvalue weighted by atomic mass is 9.82. The highest BCUT2D eigenvalue weighted by Crippen LogP contribution is 2.26. The Kier molecular flexibility index (Phi) is 5.02. The second kappa shape index (κ2) is 6.76. The number of rotatable bonds is 7. The highest BCUT2D eigenvalue weighted by molar-refractivity contribution is 5.28. The fraction of sp³-hybridized carbons (Fsp3) is 0.600. The van der Waals surface area contributed by atoms with Crippen LogP contribution in [0.4, 0.5) is 0 Å². The minimum absolute atomic E-state index is 0.0532. The van der Waals surface area contributed by atoms with Crippen LogP contribution in [0.5, 0.6) is 5.75 Å². The molecule has 0 bridgehead atoms. The summed E-state index contributed by atoms with van der Waals surface area (Å²) in [5, 5.41) is 12.7. The first kappa shape index (κ1) is 13.4. The number of benzene rings is 1. The molecule has 0 radical (unpaired) electrons. The molecule has 2 rings (SSSR count). The zero-order valence-electron chi connectivity index (χ0n) is 11.1. The summed E-state index contributed by atoms with van der Waals surface area (Å²) in [4.78, 5) is 0. The van der Waals surface area contributed by atoms with E-state index >= 15 is 0 Å². The third-order valence-corrected chi connectivity index (χ3v) is 3.34. The van der Waals surface area contributed by atoms with Gasteiger partial charge in [0.2, 0.25) is 0 Å². The second-order valence-electron chi connectivity index (χ2n) is 5.12. The van der Waals surface area contributed by atoms with Crippen LogP contribution in [-0.4, -0.2) is 24.4 Å². The lowest BCUT2D eigenvalue weighted by molar-refractivity contribution is 0.0430. The molecule has 3 heteroatoms. The molecule has 1 aromatic rings. The van der Waals surface area contributed by atoms with Crippen molar-refractivity contribution < 1.29 is 9.84 Å². The molecule has 100 valence electrons. The Balaban J connectivity index is 1.71. The molecule has 0 heterocycles. The van der Waals surface area contributed by atoms with E-state index in [1.807, 2.05) is 12.1 Å². The van der Waals surface area contributed by atoms with Crippen molar-refractivity contribution in [3.8, 4) is 5.75 Å². The van der Waals surface area contributed by atoms with E-state index in [0.717, 1.165) is 44.7 Å². The van der Waals surface area contributed by atoms with Crippen LogP contribution in [0.25, 0.3) is 0 Å². The van der Waals surface area contributed by atoms with Crippen molar-refractivity contribution in [1.82, 2.24) is 5.32 Å². The smallest absolute Gasteiger partial charge is 0.119 e. The summed E-state index contributed by atoms with van der Waals surface area (Å²) in [6, 6.07) is 8.25. The maximum Gasteiger partial charge on any atom is 0.119 e. The van der Waals surface area contributed by atoms with Gasteiger partial charge in [0.15, 0.2) is 0 Å². The molecule has 0 spiro atoms. The van der Waals surface area contributed by atoms with Crippen molar-refractivity contribution >= 4 is 0 Å². The van der Waals surface area contributed by atoms with Gasteiger partial charge in [-0.05, 0) is 49.4 Å². The van der Waals surface area contributed by atoms with Crippen LogP contribution in [0.1, 0.15) is 31.7 Å². The summed E-state index contributed by atoms with van der Waals surface area (Å²) < 4.78 is 5.61. The van der Waals surface area contributed by atoms with E-state index in [4.69, 9.17) is 4.74 Å². The van der Waals surface area contributed by atoms with Crippen LogP contribution in [-0.2, 0) is 6.54 Å². The predicted octanol–water partition coefficient (Wildman–Crippen LogP) is 2.34. The molecule has 1 fully saturated rings. The number of hydrogen-bond acceptors (Lipinski definition) is 3. The van der Waals surface area contributed by atoms with Gasteiger partial charge in [-0.15, -0.1) is 0 Å². The summed E-state index contributed by atoms with van der Waals surface area (Å²) in [7, 11) is 0. The van der Waals surface area contributed by atoms with Crippen LogP contribution < -0.4 is 10.1 Å². The van der Waals surface area contributed by atoms with Crippen molar-refractivity contribution in [2.24, 2.45) is 5.92 Å². The number of aliphatic hydroxyl groups excluding tert-OH is 1. The molecular weight excluding hydrogens is 226 g/mol. The number of hydrogen-bond donors (Lipinski definition) is 2. The number of ether oxygens (including phenoxy) is 1. The molecule has 0 amide bonds. The first-order valence-corrected chi connectivity index (χ1v) is 6.88. The van der Waals surface area contributed by atoms with Crippen LogP contribution in [0.3, 0.4) is 0 Å². The van der Waals surface area contributed by atoms with Gasteiger partial charge in [-0.1, -0.05) is 19.1 Å². The molecule has 0 aliphatic heterocycles. The third-order valence-electron chi connectivity index (χ3n) is 3.34. The van der Waals surface area contributed by atoms with Gasteiger partial charge < -0.3 is 15.2 Å². The lowest BCUT2D eigenvalue weighted by Crippen LogP contribution is -2.35. The fourth-order valence-electron chi connectivity index (χ4n) is 2.25. The molecule has 1 saturated carbocycles. The lowest BCUT2D eigenvalue weighted by Gasteiger charge is -2.31. The summed E-state index contributed by atoms with van der Waals surface area (Å²) in [5.41, 5.74) is 1.25. The van der Waals surface area contributed by atoms with E-state index < -0.39 is 0 Å². The minimum Gasteiger partial charge on any atom is -0.494 e. The first-order chi connectivity index (χ1) is 8.78. The molecule has 1 aromatic carbocycles. The maximum absolute atomic E-state index is 9.21. The Morgan fingerprint density at radius 2 is 2.22 bits per heavy atom. The second-order valence-corrected chi connectivity index (χ2v) is 5.12. The Labute approximate surface area is 109 Å². The van der Waals surface area contributed by atoms with E-state index in [9.17, 15) is 5.11 Å². The number of nitrogens with one attached hydrogen (secondary N) is 1. The highest BCUT2D eigenvalue weighted by atomic mass is 16.5. The van der Waals surface area contributed by atoms with Gasteiger partial charge in [0.1, 0.15) is 5.75 Å². The van der Waals surface area contributed by atoms with Gasteiger partial charge in [-0.2, -0.15) is 0 Å². The van der Waals surface area contributed by atoms with E-state index in [2.05, 4.69) is 24.4 Å². The van der Waals surface area contributed by atoms with E-state index in [0.29, 0.717) is 5.92 Å². The summed E-state index contributed by atoms with van der Waals surface area (Å²) in [5.74, 6) is 1.61. The van der Waals surface area contributed by atoms with Gasteiger partial charge in [-0.25, -0.2) is 0 Å². The molecule has 0 saturated heterocycles. The van der Waals surface area contributed by atoms with Gasteiger partial charge in [0.25, 0.3) is 0 Å². The summed E-state index contributed by atoms with van der Waals surface area (Å²) in [6.07, 6.45) is 2.88. The quantitative estimate of drug-likeness (QED) is 0.779. The maximum atomic E-state index is 9.21. The van der Waals surface area contributed by atoms with E-state index in [1.54, 1.807) is 0 Å². The fourth-order valence-corrected chi connectivity index (χ4v) is 2.25. The predicted molar refractivity (Wildman–Crippen MR) is 72.7 cm³/mol. The molecule has 0 atom stereocenters. The Bertz CT molecular complexity index is 361. The van der Waals surface area contributed by atoms with Gasteiger partial charge in [-0.3, -0.25) is 0 Å². The standard InChI is InChI=1S/C15H23NO2/c1-2-6-18-15-5-3-4-12(9-15)10-16-11-13-7-14(17)8-13/h3-5,9,13-14,16-17H,2,6-8,10-11H2,1H3. The average molecular weight is 249 g/mol. The largest absolute Gasteiger partial charge is 0.494 e. The molecule has 0 unspecified atom stereocenters. The van der Waals surface area contributed by atoms with Crippen LogP contribution in [0, 0.1) is 5.92 Å². The average Bonchev–Trinajstić information content (AvgIpc) is 2.35. The first-order valence-electron chi connectivity index (χ1n) is 6.88. The summed E-state index contributed by atoms with van der Waals surface area (Å²) in [6.45, 7) is 4.75. The molecule has 2 N–H and O–H groups in total. The molecule has 1 aliphatic carbocycles. The topological polar surface area (TPSA) is 41.5 Å². The van der Waals surface area contributed by atoms with Crippen molar-refractivity contribution in [3.63, 3.8) is 0 Å². The molecule has 0 aromatic heterocycles. The molecular formula is C15H23NO2. The summed E-state index contributed by atoms with van der Waals surface area (Å²) >= 11 is 0. The Morgan fingerprint density at radius 1 is 1.39 bits per heavy atom. The van der Waals surface area contributed by atoms with Crippen LogP contribution in [0.15, 0.2) is 24.3 Å². The third kappa shape index (κ3) is 4.00. The number of aliphatic hydroxyl groups is 1.